The van der Waals surface area contributed by atoms with Crippen LogP contribution < -0.4 is 10.0 Å². The van der Waals surface area contributed by atoms with Crippen LogP contribution in [-0.4, -0.2) is 19.3 Å². The lowest BCUT2D eigenvalue weighted by Gasteiger charge is -2.10. The Bertz CT molecular complexity index is 1070. The number of sulfonamides is 1. The van der Waals surface area contributed by atoms with Crippen molar-refractivity contribution in [2.24, 2.45) is 0 Å². The maximum absolute atomic E-state index is 12.4. The molecule has 0 unspecified atom stereocenters. The number of nitrogens with one attached hydrogen (secondary N) is 2. The van der Waals surface area contributed by atoms with Gasteiger partial charge in [-0.3, -0.25) is 9.52 Å². The maximum atomic E-state index is 12.4. The van der Waals surface area contributed by atoms with Crippen molar-refractivity contribution in [2.75, 3.05) is 10.0 Å². The van der Waals surface area contributed by atoms with E-state index in [-0.39, 0.29) is 10.8 Å². The summed E-state index contributed by atoms with van der Waals surface area (Å²) in [5.74, 6) is 0.0926. The van der Waals surface area contributed by atoms with Gasteiger partial charge in [-0.15, -0.1) is 0 Å². The number of aryl methyl sites for hydroxylation is 1. The Kier molecular flexibility index (Phi) is 5.43. The fraction of sp³-hybridized carbons (Fsp3) is 0.0526. The first-order valence-corrected chi connectivity index (χ1v) is 9.83. The Hall–Kier alpha value is -2.90. The van der Waals surface area contributed by atoms with E-state index in [0.29, 0.717) is 22.1 Å². The molecule has 0 radical (unpaired) electrons. The zero-order valence-corrected chi connectivity index (χ0v) is 15.9. The van der Waals surface area contributed by atoms with Crippen molar-refractivity contribution in [2.45, 2.75) is 11.8 Å². The molecule has 0 aliphatic carbocycles. The number of anilines is 2. The van der Waals surface area contributed by atoms with E-state index in [2.05, 4.69) is 15.0 Å². The molecule has 0 fully saturated rings. The molecule has 0 bridgehead atoms. The number of benzene rings is 2. The van der Waals surface area contributed by atoms with Gasteiger partial charge in [-0.1, -0.05) is 17.7 Å². The fourth-order valence-corrected chi connectivity index (χ4v) is 3.50. The number of hydrogen-bond donors (Lipinski definition) is 2. The molecule has 0 saturated heterocycles. The summed E-state index contributed by atoms with van der Waals surface area (Å²) >= 11 is 5.80. The van der Waals surface area contributed by atoms with Crippen LogP contribution in [0.4, 0.5) is 11.5 Å². The minimum absolute atomic E-state index is 0.0445. The molecule has 1 aromatic heterocycles. The fourth-order valence-electron chi connectivity index (χ4n) is 2.31. The highest BCUT2D eigenvalue weighted by Gasteiger charge is 2.16. The van der Waals surface area contributed by atoms with Gasteiger partial charge < -0.3 is 5.32 Å². The predicted octanol–water partition coefficient (Wildman–Crippen LogP) is 4.10. The van der Waals surface area contributed by atoms with Crippen molar-refractivity contribution in [1.29, 1.82) is 0 Å². The minimum atomic E-state index is -3.77. The third kappa shape index (κ3) is 4.64. The molecule has 0 aliphatic rings. The number of nitrogens with zero attached hydrogens (tertiary/aromatic N) is 1. The summed E-state index contributed by atoms with van der Waals surface area (Å²) in [4.78, 5) is 16.5. The molecule has 138 valence electrons. The van der Waals surface area contributed by atoms with E-state index in [1.807, 2.05) is 13.0 Å². The zero-order chi connectivity index (χ0) is 19.4. The highest BCUT2D eigenvalue weighted by molar-refractivity contribution is 7.92. The van der Waals surface area contributed by atoms with Crippen LogP contribution in [-0.2, 0) is 10.0 Å². The number of amides is 1. The average Bonchev–Trinajstić information content (AvgIpc) is 2.65. The van der Waals surface area contributed by atoms with Gasteiger partial charge in [0.15, 0.2) is 0 Å². The number of carbonyl (C=O) groups is 1. The molecule has 3 aromatic rings. The first kappa shape index (κ1) is 18.9. The molecule has 1 amide bonds. The smallest absolute Gasteiger partial charge is 0.261 e. The summed E-state index contributed by atoms with van der Waals surface area (Å²) in [5, 5.41) is 3.21. The van der Waals surface area contributed by atoms with Crippen molar-refractivity contribution in [1.82, 2.24) is 4.98 Å². The number of aromatic nitrogens is 1. The molecule has 8 heteroatoms. The quantitative estimate of drug-likeness (QED) is 0.673. The second kappa shape index (κ2) is 7.77. The van der Waals surface area contributed by atoms with Gasteiger partial charge in [0.1, 0.15) is 5.82 Å². The van der Waals surface area contributed by atoms with E-state index >= 15 is 0 Å². The van der Waals surface area contributed by atoms with Crippen molar-refractivity contribution in [3.8, 4) is 0 Å². The minimum Gasteiger partial charge on any atom is -0.306 e. The van der Waals surface area contributed by atoms with Crippen LogP contribution in [0.1, 0.15) is 15.9 Å². The van der Waals surface area contributed by atoms with Gasteiger partial charge in [-0.2, -0.15) is 0 Å². The molecule has 0 spiro atoms. The Morgan fingerprint density at radius 2 is 1.67 bits per heavy atom. The van der Waals surface area contributed by atoms with Crippen molar-refractivity contribution < 1.29 is 13.2 Å². The molecule has 2 N–H and O–H groups in total. The van der Waals surface area contributed by atoms with E-state index in [0.717, 1.165) is 5.56 Å². The van der Waals surface area contributed by atoms with Crippen LogP contribution in [0.25, 0.3) is 0 Å². The highest BCUT2D eigenvalue weighted by atomic mass is 35.5. The van der Waals surface area contributed by atoms with E-state index in [1.165, 1.54) is 24.3 Å². The average molecular weight is 402 g/mol. The summed E-state index contributed by atoms with van der Waals surface area (Å²) in [7, 11) is -3.77. The van der Waals surface area contributed by atoms with Crippen molar-refractivity contribution in [3.63, 3.8) is 0 Å². The third-order valence-electron chi connectivity index (χ3n) is 3.76. The van der Waals surface area contributed by atoms with Crippen molar-refractivity contribution in [3.05, 3.63) is 83.0 Å². The van der Waals surface area contributed by atoms with Gasteiger partial charge in [-0.05, 0) is 67.1 Å². The normalized spacial score (nSPS) is 11.0. The number of pyridine rings is 1. The topological polar surface area (TPSA) is 88.2 Å². The van der Waals surface area contributed by atoms with Crippen LogP contribution in [0.2, 0.25) is 5.02 Å². The second-order valence-electron chi connectivity index (χ2n) is 5.76. The SMILES string of the molecule is Cc1cccnc1NC(=O)c1ccc(S(=O)(=O)Nc2ccc(Cl)cc2)cc1. The standard InChI is InChI=1S/C19H16ClN3O3S/c1-13-3-2-12-21-18(13)22-19(24)14-4-10-17(11-5-14)27(25,26)23-16-8-6-15(20)7-9-16/h2-12,23H,1H3,(H,21,22,24). The molecular formula is C19H16ClN3O3S. The van der Waals surface area contributed by atoms with Gasteiger partial charge in [-0.25, -0.2) is 13.4 Å². The molecule has 0 atom stereocenters. The van der Waals surface area contributed by atoms with Crippen LogP contribution in [0.5, 0.6) is 0 Å². The summed E-state index contributed by atoms with van der Waals surface area (Å²) in [6.45, 7) is 1.83. The second-order valence-corrected chi connectivity index (χ2v) is 7.88. The molecule has 27 heavy (non-hydrogen) atoms. The Morgan fingerprint density at radius 1 is 1.00 bits per heavy atom. The molecule has 3 rings (SSSR count). The van der Waals surface area contributed by atoms with Gasteiger partial charge in [0, 0.05) is 22.5 Å². The predicted molar refractivity (Wildman–Crippen MR) is 106 cm³/mol. The third-order valence-corrected chi connectivity index (χ3v) is 5.41. The van der Waals surface area contributed by atoms with Crippen LogP contribution in [0, 0.1) is 6.92 Å². The first-order valence-electron chi connectivity index (χ1n) is 7.96. The highest BCUT2D eigenvalue weighted by Crippen LogP contribution is 2.19. The van der Waals surface area contributed by atoms with E-state index in [1.54, 1.807) is 36.5 Å². The molecule has 0 aliphatic heterocycles. The first-order chi connectivity index (χ1) is 12.8. The van der Waals surface area contributed by atoms with Gasteiger partial charge >= 0.3 is 0 Å². The monoisotopic (exact) mass is 401 g/mol. The maximum Gasteiger partial charge on any atom is 0.261 e. The summed E-state index contributed by atoms with van der Waals surface area (Å²) in [5.41, 5.74) is 1.55. The van der Waals surface area contributed by atoms with Gasteiger partial charge in [0.25, 0.3) is 15.9 Å². The van der Waals surface area contributed by atoms with Crippen LogP contribution >= 0.6 is 11.6 Å². The Labute approximate surface area is 162 Å². The van der Waals surface area contributed by atoms with Gasteiger partial charge in [0.2, 0.25) is 0 Å². The molecule has 6 nitrogen and oxygen atoms in total. The Morgan fingerprint density at radius 3 is 2.30 bits per heavy atom. The summed E-state index contributed by atoms with van der Waals surface area (Å²) < 4.78 is 27.4. The summed E-state index contributed by atoms with van der Waals surface area (Å²) in [6.07, 6.45) is 1.58. The molecular weight excluding hydrogens is 386 g/mol. The van der Waals surface area contributed by atoms with Gasteiger partial charge in [0.05, 0.1) is 4.90 Å². The zero-order valence-electron chi connectivity index (χ0n) is 14.3. The number of hydrogen-bond acceptors (Lipinski definition) is 4. The largest absolute Gasteiger partial charge is 0.306 e. The van der Waals surface area contributed by atoms with E-state index < -0.39 is 10.0 Å². The van der Waals surface area contributed by atoms with E-state index in [4.69, 9.17) is 11.6 Å². The lowest BCUT2D eigenvalue weighted by Crippen LogP contribution is -2.15. The van der Waals surface area contributed by atoms with Crippen LogP contribution in [0.15, 0.2) is 71.8 Å². The summed E-state index contributed by atoms with van der Waals surface area (Å²) in [6, 6.07) is 15.6. The molecule has 2 aromatic carbocycles. The lowest BCUT2D eigenvalue weighted by molar-refractivity contribution is 0.102. The Balaban J connectivity index is 1.75. The van der Waals surface area contributed by atoms with Crippen LogP contribution in [0.3, 0.4) is 0 Å². The number of halogens is 1. The van der Waals surface area contributed by atoms with E-state index in [9.17, 15) is 13.2 Å². The van der Waals surface area contributed by atoms with Crippen molar-refractivity contribution >= 4 is 39.0 Å². The lowest BCUT2D eigenvalue weighted by atomic mass is 10.2. The molecule has 1 heterocycles. The number of rotatable bonds is 5. The molecule has 0 saturated carbocycles. The number of carbonyl (C=O) groups excluding carboxylic acids is 1.